The minimum Gasteiger partial charge on any atom is -0.473 e. The van der Waals surface area contributed by atoms with Gasteiger partial charge in [0.15, 0.2) is 5.82 Å². The number of hydrogen-bond donors (Lipinski definition) is 1. The predicted molar refractivity (Wildman–Crippen MR) is 84.1 cm³/mol. The summed E-state index contributed by atoms with van der Waals surface area (Å²) in [6, 6.07) is 0. The molecule has 0 saturated carbocycles. The van der Waals surface area contributed by atoms with E-state index in [1.54, 1.807) is 0 Å². The summed E-state index contributed by atoms with van der Waals surface area (Å²) in [5.74, 6) is 2.33. The van der Waals surface area contributed by atoms with Crippen LogP contribution in [0.5, 0.6) is 5.88 Å². The number of aromatic nitrogens is 2. The van der Waals surface area contributed by atoms with E-state index in [0.29, 0.717) is 23.4 Å². The molecule has 1 aromatic heterocycles. The van der Waals surface area contributed by atoms with Crippen molar-refractivity contribution in [2.45, 2.75) is 47.6 Å². The fourth-order valence-electron chi connectivity index (χ4n) is 2.07. The lowest BCUT2D eigenvalue weighted by Gasteiger charge is -2.28. The van der Waals surface area contributed by atoms with Crippen LogP contribution in [0, 0.1) is 11.8 Å². The van der Waals surface area contributed by atoms with Gasteiger partial charge >= 0.3 is 0 Å². The lowest BCUT2D eigenvalue weighted by Crippen LogP contribution is -2.33. The minimum atomic E-state index is 0.0451. The molecule has 0 aliphatic carbocycles. The van der Waals surface area contributed by atoms with Gasteiger partial charge in [-0.2, -0.15) is 4.98 Å². The summed E-state index contributed by atoms with van der Waals surface area (Å²) in [4.78, 5) is 10.7. The highest BCUT2D eigenvalue weighted by molar-refractivity contribution is 5.67. The first kappa shape index (κ1) is 16.5. The van der Waals surface area contributed by atoms with Crippen molar-refractivity contribution in [3.63, 3.8) is 0 Å². The van der Waals surface area contributed by atoms with E-state index in [1.807, 2.05) is 13.8 Å². The van der Waals surface area contributed by atoms with Crippen LogP contribution in [0.1, 0.15) is 41.5 Å². The Bertz CT molecular complexity index is 408. The lowest BCUT2D eigenvalue weighted by atomic mass is 10.1. The second kappa shape index (κ2) is 7.31. The summed E-state index contributed by atoms with van der Waals surface area (Å²) < 4.78 is 5.64. The number of rotatable bonds is 7. The smallest absolute Gasteiger partial charge is 0.242 e. The molecular weight excluding hydrogens is 252 g/mol. The molecule has 5 nitrogen and oxygen atoms in total. The topological polar surface area (TPSA) is 64.3 Å². The van der Waals surface area contributed by atoms with Gasteiger partial charge in [0.25, 0.3) is 0 Å². The summed E-state index contributed by atoms with van der Waals surface area (Å²) in [5.41, 5.74) is 6.72. The molecule has 0 unspecified atom stereocenters. The molecule has 0 aliphatic heterocycles. The molecular formula is C15H28N4O. The Morgan fingerprint density at radius 2 is 1.60 bits per heavy atom. The molecule has 0 fully saturated rings. The molecule has 1 aromatic rings. The van der Waals surface area contributed by atoms with Crippen LogP contribution < -0.4 is 15.4 Å². The summed E-state index contributed by atoms with van der Waals surface area (Å²) >= 11 is 0. The maximum absolute atomic E-state index is 6.19. The van der Waals surface area contributed by atoms with Crippen LogP contribution in [0.4, 0.5) is 11.5 Å². The molecule has 0 aromatic carbocycles. The Morgan fingerprint density at radius 1 is 1.05 bits per heavy atom. The van der Waals surface area contributed by atoms with Crippen molar-refractivity contribution in [1.82, 2.24) is 9.97 Å². The Balaban J connectivity index is 3.05. The summed E-state index contributed by atoms with van der Waals surface area (Å²) in [6.45, 7) is 14.5. The third-order valence-corrected chi connectivity index (χ3v) is 2.64. The number of ether oxygens (including phenoxy) is 1. The number of nitrogen functional groups attached to an aromatic ring is 1. The third kappa shape index (κ3) is 4.87. The predicted octanol–water partition coefficient (Wildman–Crippen LogP) is 2.96. The van der Waals surface area contributed by atoms with E-state index in [0.717, 1.165) is 18.9 Å². The van der Waals surface area contributed by atoms with Crippen molar-refractivity contribution in [3.05, 3.63) is 6.33 Å². The normalized spacial score (nSPS) is 11.4. The Kier molecular flexibility index (Phi) is 6.05. The van der Waals surface area contributed by atoms with Crippen LogP contribution in [-0.4, -0.2) is 29.2 Å². The molecule has 2 N–H and O–H groups in total. The first-order chi connectivity index (χ1) is 9.31. The van der Waals surface area contributed by atoms with E-state index in [2.05, 4.69) is 42.6 Å². The van der Waals surface area contributed by atoms with E-state index in [4.69, 9.17) is 10.5 Å². The number of hydrogen-bond acceptors (Lipinski definition) is 5. The van der Waals surface area contributed by atoms with Gasteiger partial charge in [0.05, 0.1) is 6.10 Å². The molecule has 1 rings (SSSR count). The fraction of sp³-hybridized carbons (Fsp3) is 0.733. The van der Waals surface area contributed by atoms with Gasteiger partial charge in [-0.25, -0.2) is 4.98 Å². The van der Waals surface area contributed by atoms with Gasteiger partial charge in [0.2, 0.25) is 5.88 Å². The molecule has 5 heteroatoms. The molecule has 1 heterocycles. The fourth-order valence-corrected chi connectivity index (χ4v) is 2.07. The second-order valence-electron chi connectivity index (χ2n) is 6.28. The largest absolute Gasteiger partial charge is 0.473 e. The van der Waals surface area contributed by atoms with Crippen molar-refractivity contribution < 1.29 is 4.74 Å². The first-order valence-corrected chi connectivity index (χ1v) is 7.33. The maximum atomic E-state index is 6.19. The molecule has 0 amide bonds. The van der Waals surface area contributed by atoms with Gasteiger partial charge in [-0.05, 0) is 25.7 Å². The van der Waals surface area contributed by atoms with Gasteiger partial charge in [0, 0.05) is 13.1 Å². The zero-order valence-corrected chi connectivity index (χ0v) is 13.6. The summed E-state index contributed by atoms with van der Waals surface area (Å²) in [5, 5.41) is 0. The molecule has 0 spiro atoms. The van der Waals surface area contributed by atoms with Gasteiger partial charge in [-0.3, -0.25) is 0 Å². The number of anilines is 2. The monoisotopic (exact) mass is 280 g/mol. The van der Waals surface area contributed by atoms with Crippen molar-refractivity contribution in [2.75, 3.05) is 23.7 Å². The maximum Gasteiger partial charge on any atom is 0.242 e. The van der Waals surface area contributed by atoms with Crippen molar-refractivity contribution in [1.29, 1.82) is 0 Å². The van der Waals surface area contributed by atoms with E-state index < -0.39 is 0 Å². The van der Waals surface area contributed by atoms with E-state index in [1.165, 1.54) is 6.33 Å². The average molecular weight is 280 g/mol. The van der Waals surface area contributed by atoms with Crippen LogP contribution >= 0.6 is 0 Å². The van der Waals surface area contributed by atoms with Crippen LogP contribution in [0.25, 0.3) is 0 Å². The van der Waals surface area contributed by atoms with Crippen LogP contribution in [0.3, 0.4) is 0 Å². The van der Waals surface area contributed by atoms with Crippen LogP contribution in [0.15, 0.2) is 6.33 Å². The third-order valence-electron chi connectivity index (χ3n) is 2.64. The van der Waals surface area contributed by atoms with E-state index in [-0.39, 0.29) is 6.10 Å². The number of nitrogens with two attached hydrogens (primary N) is 1. The van der Waals surface area contributed by atoms with Crippen LogP contribution in [0.2, 0.25) is 0 Å². The first-order valence-electron chi connectivity index (χ1n) is 7.33. The Morgan fingerprint density at radius 3 is 2.05 bits per heavy atom. The zero-order chi connectivity index (χ0) is 15.3. The lowest BCUT2D eigenvalue weighted by molar-refractivity contribution is 0.234. The summed E-state index contributed by atoms with van der Waals surface area (Å²) in [6.07, 6.45) is 1.57. The average Bonchev–Trinajstić information content (AvgIpc) is 2.29. The Hall–Kier alpha value is -1.52. The van der Waals surface area contributed by atoms with Crippen LogP contribution in [-0.2, 0) is 0 Å². The van der Waals surface area contributed by atoms with Gasteiger partial charge < -0.3 is 15.4 Å². The summed E-state index contributed by atoms with van der Waals surface area (Å²) in [7, 11) is 0. The second-order valence-corrected chi connectivity index (χ2v) is 6.28. The molecule has 114 valence electrons. The quantitative estimate of drug-likeness (QED) is 0.832. The molecule has 0 bridgehead atoms. The van der Waals surface area contributed by atoms with Crippen molar-refractivity contribution >= 4 is 11.5 Å². The molecule has 20 heavy (non-hydrogen) atoms. The molecule has 0 saturated heterocycles. The highest BCUT2D eigenvalue weighted by Crippen LogP contribution is 2.29. The molecule has 0 atom stereocenters. The number of nitrogens with zero attached hydrogens (tertiary/aromatic N) is 3. The molecule has 0 radical (unpaired) electrons. The highest BCUT2D eigenvalue weighted by Gasteiger charge is 2.18. The van der Waals surface area contributed by atoms with Crippen molar-refractivity contribution in [3.8, 4) is 5.88 Å². The standard InChI is InChI=1S/C15H28N4O/c1-10(2)7-19(8-11(3)4)14-13(16)15(18-9-17-14)20-12(5)6/h9-12H,7-8,16H2,1-6H3. The van der Waals surface area contributed by atoms with E-state index in [9.17, 15) is 0 Å². The van der Waals surface area contributed by atoms with E-state index >= 15 is 0 Å². The minimum absolute atomic E-state index is 0.0451. The Labute approximate surface area is 122 Å². The van der Waals surface area contributed by atoms with Gasteiger partial charge in [-0.1, -0.05) is 27.7 Å². The molecule has 0 aliphatic rings. The zero-order valence-electron chi connectivity index (χ0n) is 13.6. The van der Waals surface area contributed by atoms with Gasteiger partial charge in [-0.15, -0.1) is 0 Å². The highest BCUT2D eigenvalue weighted by atomic mass is 16.5. The van der Waals surface area contributed by atoms with Crippen molar-refractivity contribution in [2.24, 2.45) is 11.8 Å². The van der Waals surface area contributed by atoms with Gasteiger partial charge in [0.1, 0.15) is 12.0 Å². The SMILES string of the molecule is CC(C)CN(CC(C)C)c1ncnc(OC(C)C)c1N.